The average molecular weight is 232 g/mol. The lowest BCUT2D eigenvalue weighted by atomic mass is 9.90. The van der Waals surface area contributed by atoms with E-state index in [0.717, 1.165) is 36.5 Å². The third-order valence-corrected chi connectivity index (χ3v) is 3.55. The summed E-state index contributed by atoms with van der Waals surface area (Å²) in [4.78, 5) is 18.0. The molecule has 0 radical (unpaired) electrons. The fourth-order valence-electron chi connectivity index (χ4n) is 2.36. The van der Waals surface area contributed by atoms with Crippen molar-refractivity contribution in [2.75, 3.05) is 24.5 Å². The lowest BCUT2D eigenvalue weighted by molar-refractivity contribution is 0.383. The van der Waals surface area contributed by atoms with Crippen LogP contribution < -0.4 is 10.6 Å². The Kier molecular flexibility index (Phi) is 2.25. The molecule has 17 heavy (non-hydrogen) atoms. The predicted molar refractivity (Wildman–Crippen MR) is 65.7 cm³/mol. The lowest BCUT2D eigenvalue weighted by Gasteiger charge is -2.23. The molecule has 0 amide bonds. The van der Waals surface area contributed by atoms with E-state index in [2.05, 4.69) is 31.8 Å². The van der Waals surface area contributed by atoms with Gasteiger partial charge in [-0.15, -0.1) is 0 Å². The number of rotatable bonds is 2. The Bertz CT molecular complexity index is 535. The Morgan fingerprint density at radius 1 is 1.47 bits per heavy atom. The number of aromatic amines is 1. The third kappa shape index (κ3) is 1.64. The van der Waals surface area contributed by atoms with E-state index in [4.69, 9.17) is 5.73 Å². The summed E-state index contributed by atoms with van der Waals surface area (Å²) in [5.74, 6) is 0.935. The SMILES string of the molecule is CC1(CN)CCN(c2ncnc3nc[nH]c23)C1. The highest BCUT2D eigenvalue weighted by molar-refractivity contribution is 5.82. The van der Waals surface area contributed by atoms with Gasteiger partial charge in [0.2, 0.25) is 0 Å². The van der Waals surface area contributed by atoms with Gasteiger partial charge in [0.05, 0.1) is 6.33 Å². The van der Waals surface area contributed by atoms with Crippen molar-refractivity contribution in [3.63, 3.8) is 0 Å². The van der Waals surface area contributed by atoms with Crippen LogP contribution >= 0.6 is 0 Å². The lowest BCUT2D eigenvalue weighted by Crippen LogP contribution is -2.31. The topological polar surface area (TPSA) is 83.7 Å². The van der Waals surface area contributed by atoms with Crippen molar-refractivity contribution in [3.05, 3.63) is 12.7 Å². The Hall–Kier alpha value is -1.69. The van der Waals surface area contributed by atoms with Crippen molar-refractivity contribution in [2.24, 2.45) is 11.1 Å². The molecule has 1 saturated heterocycles. The second kappa shape index (κ2) is 3.66. The number of aromatic nitrogens is 4. The molecule has 0 aliphatic carbocycles. The van der Waals surface area contributed by atoms with Crippen LogP contribution in [0.25, 0.3) is 11.2 Å². The van der Waals surface area contributed by atoms with Crippen LogP contribution in [0.4, 0.5) is 5.82 Å². The smallest absolute Gasteiger partial charge is 0.182 e. The van der Waals surface area contributed by atoms with Crippen LogP contribution in [0.5, 0.6) is 0 Å². The second-order valence-corrected chi connectivity index (χ2v) is 4.98. The monoisotopic (exact) mass is 232 g/mol. The molecule has 1 unspecified atom stereocenters. The normalized spacial score (nSPS) is 24.7. The molecule has 6 nitrogen and oxygen atoms in total. The maximum Gasteiger partial charge on any atom is 0.182 e. The molecule has 1 atom stereocenters. The van der Waals surface area contributed by atoms with Gasteiger partial charge in [0.1, 0.15) is 11.8 Å². The molecular weight excluding hydrogens is 216 g/mol. The number of fused-ring (bicyclic) bond motifs is 1. The summed E-state index contributed by atoms with van der Waals surface area (Å²) in [5.41, 5.74) is 7.64. The molecule has 90 valence electrons. The molecule has 3 heterocycles. The molecule has 6 heteroatoms. The van der Waals surface area contributed by atoms with E-state index in [1.165, 1.54) is 0 Å². The van der Waals surface area contributed by atoms with E-state index < -0.39 is 0 Å². The van der Waals surface area contributed by atoms with Gasteiger partial charge in [-0.1, -0.05) is 6.92 Å². The zero-order chi connectivity index (χ0) is 11.9. The predicted octanol–water partition coefficient (Wildman–Crippen LogP) is 0.528. The summed E-state index contributed by atoms with van der Waals surface area (Å²) < 4.78 is 0. The van der Waals surface area contributed by atoms with Gasteiger partial charge in [0, 0.05) is 13.1 Å². The van der Waals surface area contributed by atoms with Gasteiger partial charge >= 0.3 is 0 Å². The first kappa shape index (κ1) is 10.5. The maximum atomic E-state index is 5.82. The molecule has 2 aromatic heterocycles. The molecule has 3 rings (SSSR count). The third-order valence-electron chi connectivity index (χ3n) is 3.55. The van der Waals surface area contributed by atoms with E-state index in [1.807, 2.05) is 0 Å². The standard InChI is InChI=1S/C11H16N6/c1-11(4-12)2-3-17(5-11)10-8-9(14-6-13-8)15-7-16-10/h6-7H,2-5,12H2,1H3,(H,13,14,15,16). The largest absolute Gasteiger partial charge is 0.354 e. The van der Waals surface area contributed by atoms with Gasteiger partial charge < -0.3 is 15.6 Å². The summed E-state index contributed by atoms with van der Waals surface area (Å²) >= 11 is 0. The van der Waals surface area contributed by atoms with Crippen LogP contribution in [0.15, 0.2) is 12.7 Å². The number of nitrogens with one attached hydrogen (secondary N) is 1. The molecule has 2 aromatic rings. The van der Waals surface area contributed by atoms with Gasteiger partial charge in [-0.05, 0) is 18.4 Å². The fourth-order valence-corrected chi connectivity index (χ4v) is 2.36. The van der Waals surface area contributed by atoms with Crippen LogP contribution in [-0.2, 0) is 0 Å². The molecule has 0 aromatic carbocycles. The average Bonchev–Trinajstić information content (AvgIpc) is 2.95. The second-order valence-electron chi connectivity index (χ2n) is 4.98. The van der Waals surface area contributed by atoms with Gasteiger partial charge in [-0.25, -0.2) is 15.0 Å². The van der Waals surface area contributed by atoms with Crippen LogP contribution in [0.2, 0.25) is 0 Å². The molecule has 1 fully saturated rings. The highest BCUT2D eigenvalue weighted by atomic mass is 15.2. The summed E-state index contributed by atoms with van der Waals surface area (Å²) in [6, 6.07) is 0. The number of imidazole rings is 1. The van der Waals surface area contributed by atoms with Crippen LogP contribution in [0.3, 0.4) is 0 Å². The van der Waals surface area contributed by atoms with E-state index in [0.29, 0.717) is 6.54 Å². The fraction of sp³-hybridized carbons (Fsp3) is 0.545. The molecule has 0 bridgehead atoms. The summed E-state index contributed by atoms with van der Waals surface area (Å²) in [6.07, 6.45) is 4.32. The Morgan fingerprint density at radius 3 is 3.12 bits per heavy atom. The van der Waals surface area contributed by atoms with Gasteiger partial charge in [-0.2, -0.15) is 0 Å². The number of anilines is 1. The van der Waals surface area contributed by atoms with E-state index in [-0.39, 0.29) is 5.41 Å². The van der Waals surface area contributed by atoms with Gasteiger partial charge in [0.25, 0.3) is 0 Å². The minimum absolute atomic E-state index is 0.192. The minimum atomic E-state index is 0.192. The van der Waals surface area contributed by atoms with Gasteiger partial charge in [0.15, 0.2) is 11.5 Å². The van der Waals surface area contributed by atoms with Crippen molar-refractivity contribution >= 4 is 17.0 Å². The van der Waals surface area contributed by atoms with E-state index >= 15 is 0 Å². The first-order valence-corrected chi connectivity index (χ1v) is 5.81. The van der Waals surface area contributed by atoms with Crippen molar-refractivity contribution < 1.29 is 0 Å². The zero-order valence-corrected chi connectivity index (χ0v) is 9.85. The first-order valence-electron chi connectivity index (χ1n) is 5.81. The molecule has 1 aliphatic heterocycles. The van der Waals surface area contributed by atoms with E-state index in [9.17, 15) is 0 Å². The minimum Gasteiger partial charge on any atom is -0.354 e. The maximum absolute atomic E-state index is 5.82. The van der Waals surface area contributed by atoms with Crippen molar-refractivity contribution in [2.45, 2.75) is 13.3 Å². The Morgan fingerprint density at radius 2 is 2.35 bits per heavy atom. The first-order chi connectivity index (χ1) is 8.22. The summed E-state index contributed by atoms with van der Waals surface area (Å²) in [5, 5.41) is 0. The summed E-state index contributed by atoms with van der Waals surface area (Å²) in [6.45, 7) is 4.85. The highest BCUT2D eigenvalue weighted by Crippen LogP contribution is 2.33. The molecule has 1 aliphatic rings. The zero-order valence-electron chi connectivity index (χ0n) is 9.85. The van der Waals surface area contributed by atoms with E-state index in [1.54, 1.807) is 12.7 Å². The van der Waals surface area contributed by atoms with Crippen LogP contribution in [0, 0.1) is 5.41 Å². The number of nitrogens with zero attached hydrogens (tertiary/aromatic N) is 4. The molecule has 0 saturated carbocycles. The molecular formula is C11H16N6. The number of hydrogen-bond acceptors (Lipinski definition) is 5. The molecule has 3 N–H and O–H groups in total. The Labute approximate surface area is 99.3 Å². The van der Waals surface area contributed by atoms with Crippen molar-refractivity contribution in [1.82, 2.24) is 19.9 Å². The van der Waals surface area contributed by atoms with Gasteiger partial charge in [-0.3, -0.25) is 0 Å². The van der Waals surface area contributed by atoms with Crippen molar-refractivity contribution in [3.8, 4) is 0 Å². The number of hydrogen-bond donors (Lipinski definition) is 2. The quantitative estimate of drug-likeness (QED) is 0.789. The van der Waals surface area contributed by atoms with Crippen LogP contribution in [-0.4, -0.2) is 39.6 Å². The van der Waals surface area contributed by atoms with Crippen LogP contribution in [0.1, 0.15) is 13.3 Å². The summed E-state index contributed by atoms with van der Waals surface area (Å²) in [7, 11) is 0. The number of H-pyrrole nitrogens is 1. The molecule has 0 spiro atoms. The highest BCUT2D eigenvalue weighted by Gasteiger charge is 2.33. The van der Waals surface area contributed by atoms with Crippen molar-refractivity contribution in [1.29, 1.82) is 0 Å². The Balaban J connectivity index is 1.98. The number of nitrogens with two attached hydrogens (primary N) is 1.